The molecule has 3 heteroatoms. The minimum atomic E-state index is -0.191. The molecule has 0 amide bonds. The molecular weight excluding hydrogens is 253 g/mol. The van der Waals surface area contributed by atoms with Gasteiger partial charge in [0.15, 0.2) is 0 Å². The number of hydrogen-bond acceptors (Lipinski definition) is 2. The molecule has 0 aromatic heterocycles. The third-order valence-electron chi connectivity index (χ3n) is 4.78. The average molecular weight is 279 g/mol. The number of methoxy groups -OCH3 is 1. The van der Waals surface area contributed by atoms with E-state index in [-0.39, 0.29) is 11.9 Å². The van der Waals surface area contributed by atoms with Crippen molar-refractivity contribution in [2.45, 2.75) is 45.1 Å². The molecule has 2 nitrogen and oxygen atoms in total. The zero-order valence-corrected chi connectivity index (χ0v) is 12.8. The lowest BCUT2D eigenvalue weighted by Crippen LogP contribution is -2.29. The number of ether oxygens (including phenoxy) is 1. The monoisotopic (exact) mass is 279 g/mol. The number of rotatable bonds is 5. The van der Waals surface area contributed by atoms with Crippen molar-refractivity contribution in [3.05, 3.63) is 29.6 Å². The van der Waals surface area contributed by atoms with E-state index in [1.54, 1.807) is 19.2 Å². The quantitative estimate of drug-likeness (QED) is 0.867. The van der Waals surface area contributed by atoms with Crippen LogP contribution in [0.2, 0.25) is 0 Å². The molecule has 1 aliphatic rings. The summed E-state index contributed by atoms with van der Waals surface area (Å²) in [6.07, 6.45) is 6.28. The Labute approximate surface area is 121 Å². The Bertz CT molecular complexity index is 427. The lowest BCUT2D eigenvalue weighted by atomic mass is 9.76. The van der Waals surface area contributed by atoms with Gasteiger partial charge in [-0.2, -0.15) is 0 Å². The van der Waals surface area contributed by atoms with E-state index in [1.807, 2.05) is 7.05 Å². The van der Waals surface area contributed by atoms with Crippen molar-refractivity contribution in [3.63, 3.8) is 0 Å². The molecule has 1 unspecified atom stereocenters. The van der Waals surface area contributed by atoms with Crippen LogP contribution in [-0.2, 0) is 0 Å². The van der Waals surface area contributed by atoms with Gasteiger partial charge in [0.25, 0.3) is 0 Å². The Hall–Kier alpha value is -1.09. The van der Waals surface area contributed by atoms with Crippen LogP contribution in [0.4, 0.5) is 4.39 Å². The Morgan fingerprint density at radius 1 is 1.30 bits per heavy atom. The number of nitrogens with one attached hydrogen (secondary N) is 1. The summed E-state index contributed by atoms with van der Waals surface area (Å²) in [5.41, 5.74) is 0.954. The fourth-order valence-electron chi connectivity index (χ4n) is 3.52. The second-order valence-corrected chi connectivity index (χ2v) is 5.84. The van der Waals surface area contributed by atoms with Crippen LogP contribution in [0.1, 0.15) is 50.6 Å². The third kappa shape index (κ3) is 3.32. The molecule has 1 aliphatic carbocycles. The van der Waals surface area contributed by atoms with Gasteiger partial charge in [-0.1, -0.05) is 26.2 Å². The first-order chi connectivity index (χ1) is 9.69. The lowest BCUT2D eigenvalue weighted by molar-refractivity contribution is 0.221. The van der Waals surface area contributed by atoms with Gasteiger partial charge in [0.2, 0.25) is 0 Å². The van der Waals surface area contributed by atoms with Gasteiger partial charge in [0.1, 0.15) is 11.6 Å². The summed E-state index contributed by atoms with van der Waals surface area (Å²) in [4.78, 5) is 0. The zero-order valence-electron chi connectivity index (χ0n) is 12.8. The summed E-state index contributed by atoms with van der Waals surface area (Å²) in [7, 11) is 3.61. The molecule has 20 heavy (non-hydrogen) atoms. The van der Waals surface area contributed by atoms with E-state index in [0.29, 0.717) is 5.92 Å². The van der Waals surface area contributed by atoms with Gasteiger partial charge in [-0.05, 0) is 49.9 Å². The van der Waals surface area contributed by atoms with Crippen LogP contribution in [0.3, 0.4) is 0 Å². The van der Waals surface area contributed by atoms with E-state index in [2.05, 4.69) is 12.2 Å². The van der Waals surface area contributed by atoms with Crippen molar-refractivity contribution in [3.8, 4) is 5.75 Å². The minimum absolute atomic E-state index is 0.179. The third-order valence-corrected chi connectivity index (χ3v) is 4.78. The van der Waals surface area contributed by atoms with E-state index in [1.165, 1.54) is 38.2 Å². The summed E-state index contributed by atoms with van der Waals surface area (Å²) >= 11 is 0. The zero-order chi connectivity index (χ0) is 14.5. The number of benzene rings is 1. The minimum Gasteiger partial charge on any atom is -0.496 e. The summed E-state index contributed by atoms with van der Waals surface area (Å²) < 4.78 is 19.0. The Morgan fingerprint density at radius 3 is 2.55 bits per heavy atom. The van der Waals surface area contributed by atoms with Crippen LogP contribution in [0.5, 0.6) is 5.75 Å². The fourth-order valence-corrected chi connectivity index (χ4v) is 3.52. The molecule has 0 aliphatic heterocycles. The molecule has 1 atom stereocenters. The molecule has 1 aromatic carbocycles. The summed E-state index contributed by atoms with van der Waals surface area (Å²) in [5.74, 6) is 2.03. The highest BCUT2D eigenvalue weighted by molar-refractivity contribution is 5.37. The topological polar surface area (TPSA) is 21.3 Å². The maximum atomic E-state index is 13.6. The SMILES string of the molecule is CCC1CCC(C(NC)c2cc(F)ccc2OC)CC1. The first-order valence-electron chi connectivity index (χ1n) is 7.70. The standard InChI is InChI=1S/C17H26FNO/c1-4-12-5-7-13(8-6-12)17(19-2)15-11-14(18)9-10-16(15)20-3/h9-13,17,19H,4-8H2,1-3H3. The molecular formula is C17H26FNO. The smallest absolute Gasteiger partial charge is 0.123 e. The van der Waals surface area contributed by atoms with Crippen LogP contribution in [0.15, 0.2) is 18.2 Å². The molecule has 2 rings (SSSR count). The predicted molar refractivity (Wildman–Crippen MR) is 80.5 cm³/mol. The Kier molecular flexibility index (Phi) is 5.41. The molecule has 0 saturated heterocycles. The second-order valence-electron chi connectivity index (χ2n) is 5.84. The summed E-state index contributed by atoms with van der Waals surface area (Å²) in [5, 5.41) is 3.38. The van der Waals surface area contributed by atoms with E-state index in [9.17, 15) is 4.39 Å². The first kappa shape index (κ1) is 15.3. The van der Waals surface area contributed by atoms with Gasteiger partial charge in [-0.25, -0.2) is 4.39 Å². The average Bonchev–Trinajstić information content (AvgIpc) is 2.49. The predicted octanol–water partition coefficient (Wildman–Crippen LogP) is 4.31. The molecule has 112 valence electrons. The normalized spacial score (nSPS) is 24.4. The molecule has 1 aromatic rings. The van der Waals surface area contributed by atoms with Crippen molar-refractivity contribution >= 4 is 0 Å². The van der Waals surface area contributed by atoms with Gasteiger partial charge >= 0.3 is 0 Å². The van der Waals surface area contributed by atoms with Gasteiger partial charge < -0.3 is 10.1 Å². The Morgan fingerprint density at radius 2 is 2.00 bits per heavy atom. The van der Waals surface area contributed by atoms with Crippen LogP contribution >= 0.6 is 0 Å². The van der Waals surface area contributed by atoms with Crippen LogP contribution < -0.4 is 10.1 Å². The van der Waals surface area contributed by atoms with E-state index < -0.39 is 0 Å². The summed E-state index contributed by atoms with van der Waals surface area (Å²) in [6.45, 7) is 2.27. The highest BCUT2D eigenvalue weighted by atomic mass is 19.1. The molecule has 0 heterocycles. The van der Waals surface area contributed by atoms with Gasteiger partial charge in [-0.3, -0.25) is 0 Å². The van der Waals surface area contributed by atoms with E-state index in [4.69, 9.17) is 4.74 Å². The van der Waals surface area contributed by atoms with Gasteiger partial charge in [0, 0.05) is 11.6 Å². The van der Waals surface area contributed by atoms with Crippen molar-refractivity contribution in [1.29, 1.82) is 0 Å². The molecule has 0 bridgehead atoms. The highest BCUT2D eigenvalue weighted by Crippen LogP contribution is 2.40. The van der Waals surface area contributed by atoms with Crippen LogP contribution in [0.25, 0.3) is 0 Å². The van der Waals surface area contributed by atoms with Crippen LogP contribution in [0, 0.1) is 17.7 Å². The second kappa shape index (κ2) is 7.07. The summed E-state index contributed by atoms with van der Waals surface area (Å²) in [6, 6.07) is 4.99. The molecule has 0 radical (unpaired) electrons. The largest absolute Gasteiger partial charge is 0.496 e. The number of halogens is 1. The fraction of sp³-hybridized carbons (Fsp3) is 0.647. The van der Waals surface area contributed by atoms with Crippen molar-refractivity contribution in [2.24, 2.45) is 11.8 Å². The number of hydrogen-bond donors (Lipinski definition) is 1. The molecule has 1 saturated carbocycles. The van der Waals surface area contributed by atoms with Gasteiger partial charge in [-0.15, -0.1) is 0 Å². The maximum absolute atomic E-state index is 13.6. The first-order valence-corrected chi connectivity index (χ1v) is 7.70. The van der Waals surface area contributed by atoms with E-state index >= 15 is 0 Å². The van der Waals surface area contributed by atoms with Crippen molar-refractivity contribution in [2.75, 3.05) is 14.2 Å². The maximum Gasteiger partial charge on any atom is 0.123 e. The Balaban J connectivity index is 2.18. The molecule has 0 spiro atoms. The van der Waals surface area contributed by atoms with Crippen molar-refractivity contribution < 1.29 is 9.13 Å². The lowest BCUT2D eigenvalue weighted by Gasteiger charge is -2.34. The van der Waals surface area contributed by atoms with Gasteiger partial charge in [0.05, 0.1) is 7.11 Å². The molecule has 1 fully saturated rings. The molecule has 1 N–H and O–H groups in total. The van der Waals surface area contributed by atoms with Crippen LogP contribution in [-0.4, -0.2) is 14.2 Å². The van der Waals surface area contributed by atoms with E-state index in [0.717, 1.165) is 17.2 Å². The highest BCUT2D eigenvalue weighted by Gasteiger charge is 2.29. The van der Waals surface area contributed by atoms with Crippen molar-refractivity contribution in [1.82, 2.24) is 5.32 Å².